The van der Waals surface area contributed by atoms with Crippen molar-refractivity contribution in [3.05, 3.63) is 35.9 Å². The quantitative estimate of drug-likeness (QED) is 0.612. The Morgan fingerprint density at radius 3 is 2.70 bits per heavy atom. The van der Waals surface area contributed by atoms with Crippen LogP contribution in [-0.4, -0.2) is 67.4 Å². The molecule has 0 radical (unpaired) electrons. The minimum absolute atomic E-state index is 0.0178. The van der Waals surface area contributed by atoms with Crippen molar-refractivity contribution < 1.29 is 19.1 Å². The number of hydrogen-bond donors (Lipinski definition) is 2. The Morgan fingerprint density at radius 1 is 1.18 bits per heavy atom. The molecular formula is C26H39N3O4. The predicted molar refractivity (Wildman–Crippen MR) is 127 cm³/mol. The molecule has 3 aliphatic rings. The molecule has 2 heterocycles. The standard InChI is InChI=1S/C26H39N3O4/c1-2-3-16-32-25(31)29-15-7-14-26(19-27-17-24(30)28-26)23(29)18-33-22-12-10-21(11-13-22)20-8-5-4-6-9-20/h4-6,8-9,21-23,27H,2-3,7,10-19H2,1H3,(H,28,30)/t21-,22+,23-,26+/m0/s1. The maximum atomic E-state index is 13.0. The Morgan fingerprint density at radius 2 is 1.97 bits per heavy atom. The summed E-state index contributed by atoms with van der Waals surface area (Å²) in [6, 6.07) is 10.5. The fourth-order valence-corrected chi connectivity index (χ4v) is 5.67. The average Bonchev–Trinajstić information content (AvgIpc) is 2.84. The number of hydrogen-bond acceptors (Lipinski definition) is 5. The number of carbonyl (C=O) groups is 2. The van der Waals surface area contributed by atoms with Crippen LogP contribution >= 0.6 is 0 Å². The second kappa shape index (κ2) is 11.3. The molecule has 7 nitrogen and oxygen atoms in total. The van der Waals surface area contributed by atoms with Gasteiger partial charge < -0.3 is 25.0 Å². The third-order valence-corrected chi connectivity index (χ3v) is 7.54. The van der Waals surface area contributed by atoms with Gasteiger partial charge in [-0.15, -0.1) is 0 Å². The van der Waals surface area contributed by atoms with E-state index in [0.29, 0.717) is 38.8 Å². The van der Waals surface area contributed by atoms with E-state index in [1.807, 2.05) is 4.90 Å². The fraction of sp³-hybridized carbons (Fsp3) is 0.692. The van der Waals surface area contributed by atoms with Gasteiger partial charge in [-0.1, -0.05) is 43.7 Å². The van der Waals surface area contributed by atoms with E-state index in [0.717, 1.165) is 51.4 Å². The van der Waals surface area contributed by atoms with Gasteiger partial charge in [0, 0.05) is 13.1 Å². The van der Waals surface area contributed by atoms with Crippen LogP contribution in [0.1, 0.15) is 69.8 Å². The van der Waals surface area contributed by atoms with Crippen molar-refractivity contribution in [1.29, 1.82) is 0 Å². The molecule has 2 atom stereocenters. The highest BCUT2D eigenvalue weighted by molar-refractivity contribution is 5.80. The van der Waals surface area contributed by atoms with Crippen LogP contribution in [0.5, 0.6) is 0 Å². The van der Waals surface area contributed by atoms with Crippen LogP contribution in [0.2, 0.25) is 0 Å². The molecule has 0 bridgehead atoms. The number of piperidine rings is 1. The zero-order chi connectivity index (χ0) is 23.1. The number of piperazine rings is 1. The second-order valence-electron chi connectivity index (χ2n) is 9.81. The van der Waals surface area contributed by atoms with Crippen LogP contribution in [0.25, 0.3) is 0 Å². The first kappa shape index (κ1) is 24.0. The van der Waals surface area contributed by atoms with E-state index in [4.69, 9.17) is 9.47 Å². The van der Waals surface area contributed by atoms with Crippen LogP contribution in [0.15, 0.2) is 30.3 Å². The van der Waals surface area contributed by atoms with E-state index in [-0.39, 0.29) is 24.1 Å². The van der Waals surface area contributed by atoms with Gasteiger partial charge in [-0.05, 0) is 56.4 Å². The lowest BCUT2D eigenvalue weighted by Crippen LogP contribution is -2.74. The molecule has 4 rings (SSSR count). The topological polar surface area (TPSA) is 79.9 Å². The average molecular weight is 458 g/mol. The molecule has 0 unspecified atom stereocenters. The largest absolute Gasteiger partial charge is 0.449 e. The Kier molecular flexibility index (Phi) is 8.25. The third kappa shape index (κ3) is 5.87. The summed E-state index contributed by atoms with van der Waals surface area (Å²) in [7, 11) is 0. The van der Waals surface area contributed by atoms with Crippen LogP contribution < -0.4 is 10.6 Å². The molecule has 7 heteroatoms. The van der Waals surface area contributed by atoms with Gasteiger partial charge >= 0.3 is 6.09 Å². The molecule has 2 saturated heterocycles. The van der Waals surface area contributed by atoms with Crippen LogP contribution in [0, 0.1) is 0 Å². The Balaban J connectivity index is 1.39. The molecule has 1 aromatic rings. The normalized spacial score (nSPS) is 30.2. The lowest BCUT2D eigenvalue weighted by molar-refractivity contribution is -0.128. The molecule has 2 aliphatic heterocycles. The number of amides is 2. The first-order valence-corrected chi connectivity index (χ1v) is 12.7. The minimum Gasteiger partial charge on any atom is -0.449 e. The number of carbonyl (C=O) groups excluding carboxylic acids is 2. The van der Waals surface area contributed by atoms with Gasteiger partial charge in [0.1, 0.15) is 0 Å². The van der Waals surface area contributed by atoms with E-state index < -0.39 is 5.54 Å². The summed E-state index contributed by atoms with van der Waals surface area (Å²) < 4.78 is 12.0. The van der Waals surface area contributed by atoms with E-state index in [1.165, 1.54) is 5.56 Å². The van der Waals surface area contributed by atoms with Crippen molar-refractivity contribution in [3.63, 3.8) is 0 Å². The lowest BCUT2D eigenvalue weighted by atomic mass is 9.79. The molecule has 182 valence electrons. The Labute approximate surface area is 197 Å². The molecule has 1 aromatic carbocycles. The number of rotatable bonds is 7. The van der Waals surface area contributed by atoms with Gasteiger partial charge in [0.25, 0.3) is 0 Å². The van der Waals surface area contributed by atoms with Crippen LogP contribution in [0.4, 0.5) is 4.79 Å². The lowest BCUT2D eigenvalue weighted by Gasteiger charge is -2.51. The second-order valence-corrected chi connectivity index (χ2v) is 9.81. The highest BCUT2D eigenvalue weighted by atomic mass is 16.6. The van der Waals surface area contributed by atoms with Gasteiger partial charge in [0.2, 0.25) is 5.91 Å². The number of benzene rings is 1. The summed E-state index contributed by atoms with van der Waals surface area (Å²) in [6.45, 7) is 4.53. The van der Waals surface area contributed by atoms with Gasteiger partial charge in [-0.2, -0.15) is 0 Å². The fourth-order valence-electron chi connectivity index (χ4n) is 5.67. The number of unbranched alkanes of at least 4 members (excludes halogenated alkanes) is 1. The van der Waals surface area contributed by atoms with Gasteiger partial charge in [0.05, 0.1) is 37.4 Å². The van der Waals surface area contributed by atoms with Crippen LogP contribution in [0.3, 0.4) is 0 Å². The summed E-state index contributed by atoms with van der Waals surface area (Å²) in [5, 5.41) is 6.47. The molecule has 1 saturated carbocycles. The maximum Gasteiger partial charge on any atom is 0.410 e. The zero-order valence-electron chi connectivity index (χ0n) is 19.9. The zero-order valence-corrected chi connectivity index (χ0v) is 19.9. The summed E-state index contributed by atoms with van der Waals surface area (Å²) in [4.78, 5) is 27.1. The maximum absolute atomic E-state index is 13.0. The van der Waals surface area contributed by atoms with E-state index in [9.17, 15) is 9.59 Å². The summed E-state index contributed by atoms with van der Waals surface area (Å²) >= 11 is 0. The first-order valence-electron chi connectivity index (χ1n) is 12.7. The SMILES string of the molecule is CCCCOC(=O)N1CCC[C@@]2(CNCC(=O)N2)[C@@H]1CO[C@H]1CC[C@@H](c2ccccc2)CC1. The molecular weight excluding hydrogens is 418 g/mol. The highest BCUT2D eigenvalue weighted by Crippen LogP contribution is 2.35. The molecule has 1 spiro atoms. The minimum atomic E-state index is -0.501. The molecule has 0 aromatic heterocycles. The van der Waals surface area contributed by atoms with Crippen molar-refractivity contribution in [2.75, 3.05) is 32.8 Å². The summed E-state index contributed by atoms with van der Waals surface area (Å²) in [5.41, 5.74) is 0.915. The summed E-state index contributed by atoms with van der Waals surface area (Å²) in [5.74, 6) is 0.578. The highest BCUT2D eigenvalue weighted by Gasteiger charge is 2.49. The van der Waals surface area contributed by atoms with E-state index in [2.05, 4.69) is 47.9 Å². The molecule has 33 heavy (non-hydrogen) atoms. The number of nitrogens with zero attached hydrogens (tertiary/aromatic N) is 1. The van der Waals surface area contributed by atoms with Gasteiger partial charge in [0.15, 0.2) is 0 Å². The van der Waals surface area contributed by atoms with Crippen molar-refractivity contribution in [3.8, 4) is 0 Å². The monoisotopic (exact) mass is 457 g/mol. The summed E-state index contributed by atoms with van der Waals surface area (Å²) in [6.07, 6.45) is 7.68. The predicted octanol–water partition coefficient (Wildman–Crippen LogP) is 3.59. The first-order chi connectivity index (χ1) is 16.1. The smallest absolute Gasteiger partial charge is 0.410 e. The molecule has 3 fully saturated rings. The van der Waals surface area contributed by atoms with Crippen LogP contribution in [-0.2, 0) is 14.3 Å². The molecule has 2 amide bonds. The van der Waals surface area contributed by atoms with Crippen molar-refractivity contribution in [1.82, 2.24) is 15.5 Å². The van der Waals surface area contributed by atoms with E-state index >= 15 is 0 Å². The number of ether oxygens (including phenoxy) is 2. The Bertz CT molecular complexity index is 777. The van der Waals surface area contributed by atoms with Crippen molar-refractivity contribution >= 4 is 12.0 Å². The van der Waals surface area contributed by atoms with Crippen molar-refractivity contribution in [2.45, 2.75) is 81.9 Å². The third-order valence-electron chi connectivity index (χ3n) is 7.54. The van der Waals surface area contributed by atoms with Crippen molar-refractivity contribution in [2.24, 2.45) is 0 Å². The molecule has 1 aliphatic carbocycles. The Hall–Kier alpha value is -2.12. The number of likely N-dealkylation sites (tertiary alicyclic amines) is 1. The number of nitrogens with one attached hydrogen (secondary N) is 2. The van der Waals surface area contributed by atoms with Gasteiger partial charge in [-0.25, -0.2) is 4.79 Å². The molecule has 2 N–H and O–H groups in total. The van der Waals surface area contributed by atoms with Gasteiger partial charge in [-0.3, -0.25) is 4.79 Å². The van der Waals surface area contributed by atoms with E-state index in [1.54, 1.807) is 0 Å².